The molecule has 0 radical (unpaired) electrons. The van der Waals surface area contributed by atoms with Crippen molar-refractivity contribution in [3.63, 3.8) is 0 Å². The van der Waals surface area contributed by atoms with Gasteiger partial charge in [-0.1, -0.05) is 30.3 Å². The molecule has 3 aromatic carbocycles. The molecule has 4 rings (SSSR count). The van der Waals surface area contributed by atoms with Crippen LogP contribution in [0, 0.1) is 17.0 Å². The van der Waals surface area contributed by atoms with Crippen LogP contribution in [0.1, 0.15) is 28.4 Å². The van der Waals surface area contributed by atoms with Crippen molar-refractivity contribution in [3.8, 4) is 0 Å². The second-order valence-electron chi connectivity index (χ2n) is 8.92. The minimum Gasteiger partial charge on any atom is -0.325 e. The van der Waals surface area contributed by atoms with Crippen LogP contribution in [0.3, 0.4) is 0 Å². The molecule has 3 amide bonds. The number of thioether (sulfide) groups is 1. The third-order valence-corrected chi connectivity index (χ3v) is 7.64. The average Bonchev–Trinajstić information content (AvgIpc) is 3.47. The first kappa shape index (κ1) is 29.2. The molecule has 1 unspecified atom stereocenters. The fraction of sp³-hybridized carbons (Fsp3) is 0.100. The van der Waals surface area contributed by atoms with Crippen LogP contribution in [0.5, 0.6) is 0 Å². The number of amides is 3. The number of nitrogens with one attached hydrogen (secondary N) is 3. The minimum atomic E-state index is -0.543. The van der Waals surface area contributed by atoms with E-state index < -0.39 is 22.0 Å². The Morgan fingerprint density at radius 2 is 1.76 bits per heavy atom. The first-order valence-electron chi connectivity index (χ1n) is 12.4. The van der Waals surface area contributed by atoms with Crippen molar-refractivity contribution in [1.29, 1.82) is 0 Å². The molecule has 0 aliphatic rings. The van der Waals surface area contributed by atoms with Gasteiger partial charge >= 0.3 is 0 Å². The molecule has 9 nitrogen and oxygen atoms in total. The predicted molar refractivity (Wildman–Crippen MR) is 163 cm³/mol. The molecule has 4 aromatic rings. The second-order valence-corrected chi connectivity index (χ2v) is 11.1. The van der Waals surface area contributed by atoms with Gasteiger partial charge in [-0.25, -0.2) is 0 Å². The Bertz CT molecular complexity index is 1600. The fourth-order valence-electron chi connectivity index (χ4n) is 3.66. The van der Waals surface area contributed by atoms with Crippen molar-refractivity contribution in [2.24, 2.45) is 0 Å². The first-order chi connectivity index (χ1) is 19.7. The zero-order valence-corrected chi connectivity index (χ0v) is 23.8. The van der Waals surface area contributed by atoms with E-state index >= 15 is 0 Å². The van der Waals surface area contributed by atoms with Crippen LogP contribution in [0.2, 0.25) is 0 Å². The number of nitro benzene ring substituents is 1. The van der Waals surface area contributed by atoms with E-state index in [-0.39, 0.29) is 17.3 Å². The molecule has 41 heavy (non-hydrogen) atoms. The van der Waals surface area contributed by atoms with E-state index in [9.17, 15) is 24.5 Å². The van der Waals surface area contributed by atoms with Gasteiger partial charge in [-0.15, -0.1) is 11.8 Å². The first-order valence-corrected chi connectivity index (χ1v) is 14.3. The van der Waals surface area contributed by atoms with Crippen LogP contribution < -0.4 is 16.0 Å². The third-order valence-electron chi connectivity index (χ3n) is 5.85. The average molecular weight is 587 g/mol. The number of benzene rings is 3. The van der Waals surface area contributed by atoms with E-state index in [1.165, 1.54) is 35.2 Å². The second kappa shape index (κ2) is 13.6. The molecule has 0 fully saturated rings. The SMILES string of the molecule is Cc1ccc([N+](=O)[O-])cc1NC(=O)C(C)Sc1cccc(NC(=O)/C(=C/c2ccsc2)NC(=O)c2ccccc2)c1. The van der Waals surface area contributed by atoms with Crippen molar-refractivity contribution in [2.45, 2.75) is 24.0 Å². The number of aryl methyl sites for hydroxylation is 1. The Balaban J connectivity index is 1.45. The zero-order chi connectivity index (χ0) is 29.4. The van der Waals surface area contributed by atoms with Crippen molar-refractivity contribution in [1.82, 2.24) is 5.32 Å². The lowest BCUT2D eigenvalue weighted by molar-refractivity contribution is -0.384. The number of hydrogen-bond acceptors (Lipinski definition) is 7. The van der Waals surface area contributed by atoms with Gasteiger partial charge in [-0.05, 0) is 78.2 Å². The molecule has 0 aliphatic heterocycles. The number of thiophene rings is 1. The monoisotopic (exact) mass is 586 g/mol. The normalized spacial score (nSPS) is 11.8. The summed E-state index contributed by atoms with van der Waals surface area (Å²) in [5.41, 5.74) is 2.72. The number of nitrogens with zero attached hydrogens (tertiary/aromatic N) is 1. The Labute approximate surface area is 244 Å². The van der Waals surface area contributed by atoms with E-state index in [1.807, 2.05) is 22.9 Å². The van der Waals surface area contributed by atoms with Crippen molar-refractivity contribution < 1.29 is 19.3 Å². The van der Waals surface area contributed by atoms with Crippen LogP contribution in [-0.2, 0) is 9.59 Å². The topological polar surface area (TPSA) is 130 Å². The standard InChI is InChI=1S/C30H26N4O5S2/c1-19-11-12-24(34(38)39)17-26(19)32-28(35)20(2)41-25-10-6-9-23(16-25)31-30(37)27(15-21-13-14-40-18-21)33-29(36)22-7-4-3-5-8-22/h3-18,20H,1-2H3,(H,31,37)(H,32,35)(H,33,36)/b27-15-. The van der Waals surface area contributed by atoms with Crippen molar-refractivity contribution in [2.75, 3.05) is 10.6 Å². The van der Waals surface area contributed by atoms with Crippen molar-refractivity contribution in [3.05, 3.63) is 122 Å². The summed E-state index contributed by atoms with van der Waals surface area (Å²) in [7, 11) is 0. The molecular weight excluding hydrogens is 560 g/mol. The summed E-state index contributed by atoms with van der Waals surface area (Å²) < 4.78 is 0. The predicted octanol–water partition coefficient (Wildman–Crippen LogP) is 6.49. The summed E-state index contributed by atoms with van der Waals surface area (Å²) in [5.74, 6) is -1.24. The minimum absolute atomic E-state index is 0.0791. The molecule has 11 heteroatoms. The van der Waals surface area contributed by atoms with Gasteiger partial charge in [0, 0.05) is 28.3 Å². The number of carbonyl (C=O) groups is 3. The number of carbonyl (C=O) groups excluding carboxylic acids is 3. The third kappa shape index (κ3) is 8.13. The molecular formula is C30H26N4O5S2. The van der Waals surface area contributed by atoms with E-state index in [1.54, 1.807) is 74.5 Å². The molecule has 208 valence electrons. The number of nitro groups is 1. The van der Waals surface area contributed by atoms with E-state index in [0.29, 0.717) is 22.5 Å². The Morgan fingerprint density at radius 3 is 2.46 bits per heavy atom. The molecule has 0 saturated carbocycles. The number of anilines is 2. The summed E-state index contributed by atoms with van der Waals surface area (Å²) in [6.45, 7) is 3.48. The Kier molecular flexibility index (Phi) is 9.67. The van der Waals surface area contributed by atoms with Gasteiger partial charge < -0.3 is 16.0 Å². The highest BCUT2D eigenvalue weighted by Gasteiger charge is 2.19. The van der Waals surface area contributed by atoms with E-state index in [0.717, 1.165) is 10.5 Å². The summed E-state index contributed by atoms with van der Waals surface area (Å²) in [4.78, 5) is 50.2. The lowest BCUT2D eigenvalue weighted by Gasteiger charge is -2.15. The van der Waals surface area contributed by atoms with Crippen LogP contribution in [0.25, 0.3) is 6.08 Å². The molecule has 0 aliphatic carbocycles. The highest BCUT2D eigenvalue weighted by Crippen LogP contribution is 2.28. The van der Waals surface area contributed by atoms with Crippen LogP contribution in [0.15, 0.2) is 100 Å². The number of non-ortho nitro benzene ring substituents is 1. The van der Waals surface area contributed by atoms with Gasteiger partial charge in [0.25, 0.3) is 17.5 Å². The molecule has 3 N–H and O–H groups in total. The van der Waals surface area contributed by atoms with E-state index in [4.69, 9.17) is 0 Å². The quantitative estimate of drug-likeness (QED) is 0.0842. The van der Waals surface area contributed by atoms with Gasteiger partial charge in [0.05, 0.1) is 15.9 Å². The summed E-state index contributed by atoms with van der Waals surface area (Å²) >= 11 is 2.74. The Hall–Kier alpha value is -4.74. The zero-order valence-electron chi connectivity index (χ0n) is 22.1. The maximum absolute atomic E-state index is 13.2. The lowest BCUT2D eigenvalue weighted by atomic mass is 10.2. The maximum atomic E-state index is 13.2. The van der Waals surface area contributed by atoms with Gasteiger partial charge in [0.15, 0.2) is 0 Å². The molecule has 0 spiro atoms. The molecule has 0 saturated heterocycles. The highest BCUT2D eigenvalue weighted by atomic mass is 32.2. The summed E-state index contributed by atoms with van der Waals surface area (Å²) in [6, 6.07) is 21.7. The largest absolute Gasteiger partial charge is 0.325 e. The number of hydrogen-bond donors (Lipinski definition) is 3. The number of rotatable bonds is 10. The molecule has 1 atom stereocenters. The van der Waals surface area contributed by atoms with Crippen LogP contribution in [-0.4, -0.2) is 27.9 Å². The van der Waals surface area contributed by atoms with Crippen LogP contribution in [0.4, 0.5) is 17.1 Å². The van der Waals surface area contributed by atoms with Gasteiger partial charge in [0.2, 0.25) is 5.91 Å². The highest BCUT2D eigenvalue weighted by molar-refractivity contribution is 8.00. The smallest absolute Gasteiger partial charge is 0.272 e. The molecule has 1 aromatic heterocycles. The maximum Gasteiger partial charge on any atom is 0.272 e. The van der Waals surface area contributed by atoms with Gasteiger partial charge in [-0.2, -0.15) is 11.3 Å². The van der Waals surface area contributed by atoms with Gasteiger partial charge in [0.1, 0.15) is 5.70 Å². The summed E-state index contributed by atoms with van der Waals surface area (Å²) in [5, 5.41) is 22.6. The summed E-state index contributed by atoms with van der Waals surface area (Å²) in [6.07, 6.45) is 1.60. The molecule has 0 bridgehead atoms. The van der Waals surface area contributed by atoms with Crippen molar-refractivity contribution >= 4 is 64.0 Å². The van der Waals surface area contributed by atoms with Crippen LogP contribution >= 0.6 is 23.1 Å². The Morgan fingerprint density at radius 1 is 0.976 bits per heavy atom. The molecule has 1 heterocycles. The van der Waals surface area contributed by atoms with Gasteiger partial charge in [-0.3, -0.25) is 24.5 Å². The fourth-order valence-corrected chi connectivity index (χ4v) is 5.21. The van der Waals surface area contributed by atoms with E-state index in [2.05, 4.69) is 16.0 Å². The lowest BCUT2D eigenvalue weighted by Crippen LogP contribution is -2.30.